The van der Waals surface area contributed by atoms with Crippen LogP contribution in [0.15, 0.2) is 29.3 Å². The second-order valence-corrected chi connectivity index (χ2v) is 5.22. The molecule has 0 bridgehead atoms. The normalized spacial score (nSPS) is 18.9. The van der Waals surface area contributed by atoms with Crippen LogP contribution in [0.4, 0.5) is 0 Å². The number of hydrogen-bond donors (Lipinski definition) is 0. The van der Waals surface area contributed by atoms with Gasteiger partial charge >= 0.3 is 0 Å². The van der Waals surface area contributed by atoms with Gasteiger partial charge in [-0.15, -0.1) is 0 Å². The van der Waals surface area contributed by atoms with Crippen molar-refractivity contribution in [2.75, 3.05) is 26.2 Å². The minimum absolute atomic E-state index is 0.0475. The summed E-state index contributed by atoms with van der Waals surface area (Å²) >= 11 is 6.10. The van der Waals surface area contributed by atoms with Gasteiger partial charge in [-0.3, -0.25) is 14.7 Å². The number of aliphatic imine (C=N–C) groups is 1. The molecule has 1 fully saturated rings. The molecule has 0 spiro atoms. The van der Waals surface area contributed by atoms with E-state index in [1.165, 1.54) is 12.8 Å². The largest absolute Gasteiger partial charge is 0.342 e. The average molecular weight is 278 g/mol. The van der Waals surface area contributed by atoms with E-state index >= 15 is 0 Å². The van der Waals surface area contributed by atoms with Crippen LogP contribution in [-0.4, -0.2) is 47.8 Å². The maximum absolute atomic E-state index is 12.6. The fourth-order valence-electron chi connectivity index (χ4n) is 2.60. The SMILES string of the molecule is O=C(c1ccccc1Cl)N1CCN=C1N1CCCC1. The van der Waals surface area contributed by atoms with Gasteiger partial charge in [0.2, 0.25) is 5.96 Å². The lowest BCUT2D eigenvalue weighted by Crippen LogP contribution is -2.43. The summed E-state index contributed by atoms with van der Waals surface area (Å²) in [5.41, 5.74) is 0.554. The third kappa shape index (κ3) is 2.32. The Hall–Kier alpha value is -1.55. The molecule has 5 heteroatoms. The molecule has 2 aliphatic rings. The molecule has 2 aliphatic heterocycles. The molecule has 100 valence electrons. The number of rotatable bonds is 1. The van der Waals surface area contributed by atoms with Crippen molar-refractivity contribution in [1.29, 1.82) is 0 Å². The fraction of sp³-hybridized carbons (Fsp3) is 0.429. The number of halogens is 1. The molecule has 0 saturated carbocycles. The molecule has 1 amide bonds. The van der Waals surface area contributed by atoms with Gasteiger partial charge in [0.25, 0.3) is 5.91 Å². The number of nitrogens with zero attached hydrogens (tertiary/aromatic N) is 3. The number of carbonyl (C=O) groups is 1. The third-order valence-electron chi connectivity index (χ3n) is 3.56. The van der Waals surface area contributed by atoms with E-state index in [0.29, 0.717) is 23.7 Å². The zero-order valence-corrected chi connectivity index (χ0v) is 11.4. The fourth-order valence-corrected chi connectivity index (χ4v) is 2.81. The molecular weight excluding hydrogens is 262 g/mol. The van der Waals surface area contributed by atoms with Crippen LogP contribution >= 0.6 is 11.6 Å². The van der Waals surface area contributed by atoms with Crippen molar-refractivity contribution >= 4 is 23.5 Å². The van der Waals surface area contributed by atoms with Crippen molar-refractivity contribution in [3.63, 3.8) is 0 Å². The van der Waals surface area contributed by atoms with E-state index in [1.807, 2.05) is 12.1 Å². The summed E-state index contributed by atoms with van der Waals surface area (Å²) in [6.07, 6.45) is 2.35. The Morgan fingerprint density at radius 1 is 1.16 bits per heavy atom. The predicted octanol–water partition coefficient (Wildman–Crippen LogP) is 2.25. The first-order chi connectivity index (χ1) is 9.27. The Balaban J connectivity index is 1.84. The van der Waals surface area contributed by atoms with Crippen molar-refractivity contribution < 1.29 is 4.79 Å². The molecule has 1 aromatic carbocycles. The lowest BCUT2D eigenvalue weighted by atomic mass is 10.2. The molecule has 4 nitrogen and oxygen atoms in total. The van der Waals surface area contributed by atoms with Crippen LogP contribution in [0.2, 0.25) is 5.02 Å². The average Bonchev–Trinajstić information content (AvgIpc) is 3.09. The molecule has 0 N–H and O–H groups in total. The summed E-state index contributed by atoms with van der Waals surface area (Å²) in [5.74, 6) is 0.774. The van der Waals surface area contributed by atoms with Crippen molar-refractivity contribution in [2.45, 2.75) is 12.8 Å². The lowest BCUT2D eigenvalue weighted by Gasteiger charge is -2.26. The van der Waals surface area contributed by atoms with Crippen LogP contribution in [0.3, 0.4) is 0 Å². The monoisotopic (exact) mass is 277 g/mol. The first-order valence-corrected chi connectivity index (χ1v) is 7.01. The standard InChI is InChI=1S/C14H16ClN3O/c15-12-6-2-1-5-11(12)13(19)18-10-7-16-14(18)17-8-3-4-9-17/h1-2,5-6H,3-4,7-10H2. The van der Waals surface area contributed by atoms with Gasteiger partial charge in [0.15, 0.2) is 0 Å². The van der Waals surface area contributed by atoms with Gasteiger partial charge in [0.1, 0.15) is 0 Å². The van der Waals surface area contributed by atoms with E-state index < -0.39 is 0 Å². The summed E-state index contributed by atoms with van der Waals surface area (Å²) in [6.45, 7) is 3.31. The third-order valence-corrected chi connectivity index (χ3v) is 3.89. The summed E-state index contributed by atoms with van der Waals surface area (Å²) in [7, 11) is 0. The first-order valence-electron chi connectivity index (χ1n) is 6.63. The number of likely N-dealkylation sites (tertiary alicyclic amines) is 1. The van der Waals surface area contributed by atoms with Gasteiger partial charge in [-0.25, -0.2) is 0 Å². The summed E-state index contributed by atoms with van der Waals surface area (Å²) < 4.78 is 0. The Bertz CT molecular complexity index is 523. The molecule has 0 unspecified atom stereocenters. The van der Waals surface area contributed by atoms with Crippen molar-refractivity contribution in [2.24, 2.45) is 4.99 Å². The lowest BCUT2D eigenvalue weighted by molar-refractivity contribution is 0.0846. The number of amides is 1. The predicted molar refractivity (Wildman–Crippen MR) is 75.6 cm³/mol. The van der Waals surface area contributed by atoms with Crippen molar-refractivity contribution in [3.8, 4) is 0 Å². The Labute approximate surface area is 117 Å². The highest BCUT2D eigenvalue weighted by Gasteiger charge is 2.30. The van der Waals surface area contributed by atoms with Gasteiger partial charge < -0.3 is 4.90 Å². The Morgan fingerprint density at radius 3 is 2.63 bits per heavy atom. The maximum Gasteiger partial charge on any atom is 0.262 e. The second-order valence-electron chi connectivity index (χ2n) is 4.81. The van der Waals surface area contributed by atoms with E-state index in [1.54, 1.807) is 17.0 Å². The summed E-state index contributed by atoms with van der Waals surface area (Å²) in [4.78, 5) is 21.0. The van der Waals surface area contributed by atoms with Crippen LogP contribution in [0.25, 0.3) is 0 Å². The molecule has 3 rings (SSSR count). The van der Waals surface area contributed by atoms with E-state index in [-0.39, 0.29) is 5.91 Å². The minimum atomic E-state index is -0.0475. The molecular formula is C14H16ClN3O. The van der Waals surface area contributed by atoms with Crippen LogP contribution in [0, 0.1) is 0 Å². The number of carbonyl (C=O) groups excluding carboxylic acids is 1. The minimum Gasteiger partial charge on any atom is -0.342 e. The molecule has 2 heterocycles. The number of benzene rings is 1. The van der Waals surface area contributed by atoms with Crippen LogP contribution in [-0.2, 0) is 0 Å². The van der Waals surface area contributed by atoms with Gasteiger partial charge in [0.05, 0.1) is 17.1 Å². The molecule has 0 radical (unpaired) electrons. The van der Waals surface area contributed by atoms with Crippen molar-refractivity contribution in [1.82, 2.24) is 9.80 Å². The first kappa shape index (κ1) is 12.5. The Kier molecular flexibility index (Phi) is 3.42. The van der Waals surface area contributed by atoms with Gasteiger partial charge in [-0.1, -0.05) is 23.7 Å². The van der Waals surface area contributed by atoms with E-state index in [4.69, 9.17) is 11.6 Å². The van der Waals surface area contributed by atoms with Gasteiger partial charge in [-0.2, -0.15) is 0 Å². The zero-order valence-electron chi connectivity index (χ0n) is 10.7. The summed E-state index contributed by atoms with van der Waals surface area (Å²) in [6, 6.07) is 7.18. The highest BCUT2D eigenvalue weighted by molar-refractivity contribution is 6.34. The highest BCUT2D eigenvalue weighted by atomic mass is 35.5. The number of guanidine groups is 1. The van der Waals surface area contributed by atoms with Crippen LogP contribution < -0.4 is 0 Å². The van der Waals surface area contributed by atoms with Gasteiger partial charge in [0, 0.05) is 19.6 Å². The quantitative estimate of drug-likeness (QED) is 0.789. The maximum atomic E-state index is 12.6. The molecule has 0 aromatic heterocycles. The van der Waals surface area contributed by atoms with E-state index in [0.717, 1.165) is 19.0 Å². The van der Waals surface area contributed by atoms with Crippen LogP contribution in [0.1, 0.15) is 23.2 Å². The topological polar surface area (TPSA) is 35.9 Å². The summed E-state index contributed by atoms with van der Waals surface area (Å²) in [5, 5.41) is 0.500. The molecule has 0 aliphatic carbocycles. The Morgan fingerprint density at radius 2 is 1.89 bits per heavy atom. The van der Waals surface area contributed by atoms with Crippen molar-refractivity contribution in [3.05, 3.63) is 34.9 Å². The molecule has 1 aromatic rings. The van der Waals surface area contributed by atoms with E-state index in [9.17, 15) is 4.79 Å². The zero-order chi connectivity index (χ0) is 13.2. The second kappa shape index (κ2) is 5.21. The van der Waals surface area contributed by atoms with E-state index in [2.05, 4.69) is 9.89 Å². The molecule has 0 atom stereocenters. The molecule has 1 saturated heterocycles. The van der Waals surface area contributed by atoms with Crippen LogP contribution in [0.5, 0.6) is 0 Å². The number of hydrogen-bond acceptors (Lipinski definition) is 3. The molecule has 19 heavy (non-hydrogen) atoms. The highest BCUT2D eigenvalue weighted by Crippen LogP contribution is 2.21. The van der Waals surface area contributed by atoms with Gasteiger partial charge in [-0.05, 0) is 25.0 Å². The smallest absolute Gasteiger partial charge is 0.262 e.